The summed E-state index contributed by atoms with van der Waals surface area (Å²) < 4.78 is 5.70. The summed E-state index contributed by atoms with van der Waals surface area (Å²) in [5, 5.41) is 3.29. The molecule has 0 bridgehead atoms. The lowest BCUT2D eigenvalue weighted by atomic mass is 10.1. The van der Waals surface area contributed by atoms with Gasteiger partial charge in [-0.05, 0) is 25.9 Å². The molecule has 0 radical (unpaired) electrons. The number of ether oxygens (including phenoxy) is 1. The van der Waals surface area contributed by atoms with Gasteiger partial charge in [0, 0.05) is 26.2 Å². The molecule has 1 N–H and O–H groups in total. The first-order valence-electron chi connectivity index (χ1n) is 7.05. The summed E-state index contributed by atoms with van der Waals surface area (Å²) >= 11 is 0. The van der Waals surface area contributed by atoms with Crippen LogP contribution < -0.4 is 5.32 Å². The zero-order chi connectivity index (χ0) is 13.5. The highest BCUT2D eigenvalue weighted by Gasteiger charge is 2.22. The number of carbonyl (C=O) groups is 1. The molecule has 2 fully saturated rings. The van der Waals surface area contributed by atoms with Gasteiger partial charge in [-0.25, -0.2) is 0 Å². The third-order valence-corrected chi connectivity index (χ3v) is 3.77. The summed E-state index contributed by atoms with van der Waals surface area (Å²) in [4.78, 5) is 16.1. The van der Waals surface area contributed by atoms with E-state index in [2.05, 4.69) is 16.1 Å². The SMILES string of the molecule is C#CCN1CCN(C(=O)COC2CCNCC2)CC1. The second kappa shape index (κ2) is 7.49. The molecular formula is C14H23N3O2. The van der Waals surface area contributed by atoms with Crippen LogP contribution >= 0.6 is 0 Å². The molecule has 106 valence electrons. The molecule has 1 amide bonds. The smallest absolute Gasteiger partial charge is 0.248 e. The standard InChI is InChI=1S/C14H23N3O2/c1-2-7-16-8-10-17(11-9-16)14(18)12-19-13-3-5-15-6-4-13/h1,13,15H,3-12H2. The Morgan fingerprint density at radius 1 is 1.26 bits per heavy atom. The average molecular weight is 265 g/mol. The molecule has 0 aromatic heterocycles. The van der Waals surface area contributed by atoms with Gasteiger partial charge in [-0.15, -0.1) is 6.42 Å². The maximum Gasteiger partial charge on any atom is 0.248 e. The minimum atomic E-state index is 0.110. The van der Waals surface area contributed by atoms with E-state index in [4.69, 9.17) is 11.2 Å². The summed E-state index contributed by atoms with van der Waals surface area (Å²) in [5.41, 5.74) is 0. The number of nitrogens with zero attached hydrogens (tertiary/aromatic N) is 2. The second-order valence-electron chi connectivity index (χ2n) is 5.12. The largest absolute Gasteiger partial charge is 0.368 e. The van der Waals surface area contributed by atoms with Crippen molar-refractivity contribution in [3.05, 3.63) is 0 Å². The average Bonchev–Trinajstić information content (AvgIpc) is 2.47. The van der Waals surface area contributed by atoms with Crippen LogP contribution in [-0.2, 0) is 9.53 Å². The van der Waals surface area contributed by atoms with Gasteiger partial charge in [0.1, 0.15) is 6.61 Å². The molecule has 2 rings (SSSR count). The Morgan fingerprint density at radius 3 is 2.58 bits per heavy atom. The van der Waals surface area contributed by atoms with Gasteiger partial charge in [-0.1, -0.05) is 5.92 Å². The minimum absolute atomic E-state index is 0.110. The second-order valence-corrected chi connectivity index (χ2v) is 5.12. The fourth-order valence-electron chi connectivity index (χ4n) is 2.53. The van der Waals surface area contributed by atoms with Crippen LogP contribution in [0.15, 0.2) is 0 Å². The Labute approximate surface area is 115 Å². The number of carbonyl (C=O) groups excluding carboxylic acids is 1. The van der Waals surface area contributed by atoms with Gasteiger partial charge in [0.2, 0.25) is 5.91 Å². The molecule has 19 heavy (non-hydrogen) atoms. The van der Waals surface area contributed by atoms with Gasteiger partial charge in [-0.2, -0.15) is 0 Å². The topological polar surface area (TPSA) is 44.8 Å². The maximum atomic E-state index is 12.0. The van der Waals surface area contributed by atoms with Gasteiger partial charge in [0.15, 0.2) is 0 Å². The van der Waals surface area contributed by atoms with E-state index in [0.29, 0.717) is 6.54 Å². The van der Waals surface area contributed by atoms with Crippen LogP contribution in [0.25, 0.3) is 0 Å². The number of piperidine rings is 1. The normalized spacial score (nSPS) is 22.2. The molecule has 0 aromatic rings. The Morgan fingerprint density at radius 2 is 1.95 bits per heavy atom. The number of amides is 1. The molecule has 0 unspecified atom stereocenters. The van der Waals surface area contributed by atoms with Crippen molar-refractivity contribution in [2.75, 3.05) is 52.4 Å². The minimum Gasteiger partial charge on any atom is -0.368 e. The van der Waals surface area contributed by atoms with Gasteiger partial charge < -0.3 is 15.0 Å². The number of rotatable bonds is 4. The number of hydrogen-bond donors (Lipinski definition) is 1. The molecule has 0 atom stereocenters. The molecule has 0 aromatic carbocycles. The lowest BCUT2D eigenvalue weighted by Gasteiger charge is -2.34. The zero-order valence-electron chi connectivity index (χ0n) is 11.4. The van der Waals surface area contributed by atoms with E-state index in [1.807, 2.05) is 4.90 Å². The van der Waals surface area contributed by atoms with E-state index in [9.17, 15) is 4.79 Å². The number of piperazine rings is 1. The number of terminal acetylenes is 1. The molecule has 2 aliphatic heterocycles. The zero-order valence-corrected chi connectivity index (χ0v) is 11.4. The van der Waals surface area contributed by atoms with E-state index in [0.717, 1.165) is 52.1 Å². The van der Waals surface area contributed by atoms with Crippen molar-refractivity contribution >= 4 is 5.91 Å². The lowest BCUT2D eigenvalue weighted by Crippen LogP contribution is -2.50. The van der Waals surface area contributed by atoms with E-state index in [-0.39, 0.29) is 18.6 Å². The molecular weight excluding hydrogens is 242 g/mol. The fourth-order valence-corrected chi connectivity index (χ4v) is 2.53. The van der Waals surface area contributed by atoms with Crippen LogP contribution in [0, 0.1) is 12.3 Å². The van der Waals surface area contributed by atoms with Gasteiger partial charge in [0.25, 0.3) is 0 Å². The molecule has 0 spiro atoms. The summed E-state index contributed by atoms with van der Waals surface area (Å²) in [6.45, 7) is 6.12. The first-order chi connectivity index (χ1) is 9.29. The van der Waals surface area contributed by atoms with Crippen LogP contribution in [0.2, 0.25) is 0 Å². The van der Waals surface area contributed by atoms with Crippen LogP contribution in [0.1, 0.15) is 12.8 Å². The molecule has 0 saturated carbocycles. The Kier molecular flexibility index (Phi) is 5.64. The molecule has 2 aliphatic rings. The van der Waals surface area contributed by atoms with E-state index < -0.39 is 0 Å². The highest BCUT2D eigenvalue weighted by Crippen LogP contribution is 2.08. The summed E-state index contributed by atoms with van der Waals surface area (Å²) in [7, 11) is 0. The van der Waals surface area contributed by atoms with Crippen molar-refractivity contribution in [1.82, 2.24) is 15.1 Å². The predicted octanol–water partition coefficient (Wildman–Crippen LogP) is -0.468. The van der Waals surface area contributed by atoms with Crippen molar-refractivity contribution < 1.29 is 9.53 Å². The summed E-state index contributed by atoms with van der Waals surface area (Å²) in [5.74, 6) is 2.75. The van der Waals surface area contributed by atoms with Gasteiger partial charge in [0.05, 0.1) is 12.6 Å². The van der Waals surface area contributed by atoms with Gasteiger partial charge >= 0.3 is 0 Å². The van der Waals surface area contributed by atoms with Crippen LogP contribution in [-0.4, -0.2) is 74.2 Å². The first kappa shape index (κ1) is 14.3. The fraction of sp³-hybridized carbons (Fsp3) is 0.786. The van der Waals surface area contributed by atoms with E-state index in [1.165, 1.54) is 0 Å². The number of hydrogen-bond acceptors (Lipinski definition) is 4. The summed E-state index contributed by atoms with van der Waals surface area (Å²) in [6.07, 6.45) is 7.54. The molecule has 5 nitrogen and oxygen atoms in total. The third kappa shape index (κ3) is 4.50. The highest BCUT2D eigenvalue weighted by molar-refractivity contribution is 5.77. The monoisotopic (exact) mass is 265 g/mol. The third-order valence-electron chi connectivity index (χ3n) is 3.77. The van der Waals surface area contributed by atoms with E-state index in [1.54, 1.807) is 0 Å². The van der Waals surface area contributed by atoms with Crippen LogP contribution in [0.3, 0.4) is 0 Å². The van der Waals surface area contributed by atoms with Gasteiger partial charge in [-0.3, -0.25) is 9.69 Å². The molecule has 0 aliphatic carbocycles. The first-order valence-corrected chi connectivity index (χ1v) is 7.05. The van der Waals surface area contributed by atoms with Crippen molar-refractivity contribution in [2.24, 2.45) is 0 Å². The molecule has 2 heterocycles. The van der Waals surface area contributed by atoms with Crippen LogP contribution in [0.5, 0.6) is 0 Å². The Bertz CT molecular complexity index is 326. The highest BCUT2D eigenvalue weighted by atomic mass is 16.5. The van der Waals surface area contributed by atoms with Crippen molar-refractivity contribution in [1.29, 1.82) is 0 Å². The Hall–Kier alpha value is -1.09. The Balaban J connectivity index is 1.65. The van der Waals surface area contributed by atoms with Crippen molar-refractivity contribution in [3.8, 4) is 12.3 Å². The molecule has 5 heteroatoms. The quantitative estimate of drug-likeness (QED) is 0.698. The predicted molar refractivity (Wildman–Crippen MR) is 73.7 cm³/mol. The lowest BCUT2D eigenvalue weighted by molar-refractivity contribution is -0.140. The van der Waals surface area contributed by atoms with Crippen molar-refractivity contribution in [3.63, 3.8) is 0 Å². The number of nitrogens with one attached hydrogen (secondary N) is 1. The van der Waals surface area contributed by atoms with E-state index >= 15 is 0 Å². The van der Waals surface area contributed by atoms with Crippen molar-refractivity contribution in [2.45, 2.75) is 18.9 Å². The summed E-state index contributed by atoms with van der Waals surface area (Å²) in [6, 6.07) is 0. The maximum absolute atomic E-state index is 12.0. The van der Waals surface area contributed by atoms with Crippen LogP contribution in [0.4, 0.5) is 0 Å². The molecule has 2 saturated heterocycles.